The number of carboxylic acids is 1. The first-order valence-electron chi connectivity index (χ1n) is 8.85. The Balaban J connectivity index is 2.66. The van der Waals surface area contributed by atoms with Crippen LogP contribution in [0.3, 0.4) is 0 Å². The van der Waals surface area contributed by atoms with Gasteiger partial charge in [0.1, 0.15) is 12.1 Å². The van der Waals surface area contributed by atoms with Crippen molar-refractivity contribution < 1.29 is 24.3 Å². The molecule has 26 heavy (non-hydrogen) atoms. The second-order valence-corrected chi connectivity index (χ2v) is 6.49. The van der Waals surface area contributed by atoms with Crippen LogP contribution in [0.5, 0.6) is 0 Å². The van der Waals surface area contributed by atoms with E-state index in [1.165, 1.54) is 4.90 Å². The van der Waals surface area contributed by atoms with Gasteiger partial charge in [-0.25, -0.2) is 4.79 Å². The normalized spacial score (nSPS) is 19.0. The Morgan fingerprint density at radius 3 is 2.46 bits per heavy atom. The lowest BCUT2D eigenvalue weighted by atomic mass is 10.1. The number of likely N-dealkylation sites (tertiary alicyclic amines) is 1. The first-order chi connectivity index (χ1) is 12.3. The third kappa shape index (κ3) is 6.60. The highest BCUT2D eigenvalue weighted by atomic mass is 16.4. The number of carbonyl (C=O) groups is 4. The fourth-order valence-electron chi connectivity index (χ4n) is 2.96. The predicted octanol–water partition coefficient (Wildman–Crippen LogP) is -1.73. The minimum Gasteiger partial charge on any atom is -0.480 e. The molecule has 3 atom stereocenters. The standard InChI is InChI=1S/C16H29N5O5/c17-8-2-1-4-10(18)15(24)21-9-3-5-12(21)14(23)20-11(16(25)26)6-7-13(19)22/h10-12H,1-9,17-18H2,(H2,19,22)(H,20,23)(H,25,26). The van der Waals surface area contributed by atoms with Crippen molar-refractivity contribution in [2.75, 3.05) is 13.1 Å². The smallest absolute Gasteiger partial charge is 0.326 e. The Morgan fingerprint density at radius 2 is 1.88 bits per heavy atom. The molecule has 3 unspecified atom stereocenters. The van der Waals surface area contributed by atoms with E-state index < -0.39 is 35.9 Å². The summed E-state index contributed by atoms with van der Waals surface area (Å²) in [5.41, 5.74) is 16.4. The molecule has 8 N–H and O–H groups in total. The fraction of sp³-hybridized carbons (Fsp3) is 0.750. The average molecular weight is 371 g/mol. The molecule has 0 aromatic rings. The number of carboxylic acid groups (broad SMARTS) is 1. The molecule has 0 saturated carbocycles. The highest BCUT2D eigenvalue weighted by molar-refractivity contribution is 5.92. The zero-order valence-electron chi connectivity index (χ0n) is 14.9. The number of hydrogen-bond donors (Lipinski definition) is 5. The van der Waals surface area contributed by atoms with E-state index in [1.54, 1.807) is 0 Å². The van der Waals surface area contributed by atoms with Gasteiger partial charge in [-0.3, -0.25) is 14.4 Å². The maximum absolute atomic E-state index is 12.5. The molecule has 1 aliphatic rings. The van der Waals surface area contributed by atoms with Crippen LogP contribution in [-0.2, 0) is 19.2 Å². The van der Waals surface area contributed by atoms with Gasteiger partial charge in [0, 0.05) is 13.0 Å². The van der Waals surface area contributed by atoms with Crippen molar-refractivity contribution in [1.82, 2.24) is 10.2 Å². The first-order valence-corrected chi connectivity index (χ1v) is 8.85. The lowest BCUT2D eigenvalue weighted by Crippen LogP contribution is -2.54. The summed E-state index contributed by atoms with van der Waals surface area (Å²) < 4.78 is 0. The molecule has 3 amide bonds. The van der Waals surface area contributed by atoms with Crippen molar-refractivity contribution in [3.05, 3.63) is 0 Å². The van der Waals surface area contributed by atoms with E-state index in [9.17, 15) is 24.3 Å². The van der Waals surface area contributed by atoms with Crippen LogP contribution in [0.4, 0.5) is 0 Å². The highest BCUT2D eigenvalue weighted by Gasteiger charge is 2.37. The number of carbonyl (C=O) groups excluding carboxylic acids is 3. The summed E-state index contributed by atoms with van der Waals surface area (Å²) in [6.07, 6.45) is 2.80. The Kier molecular flexibility index (Phi) is 9.00. The van der Waals surface area contributed by atoms with Crippen molar-refractivity contribution in [3.63, 3.8) is 0 Å². The summed E-state index contributed by atoms with van der Waals surface area (Å²) in [5, 5.41) is 11.6. The molecule has 0 aromatic heterocycles. The summed E-state index contributed by atoms with van der Waals surface area (Å²) in [7, 11) is 0. The molecule has 1 rings (SSSR count). The average Bonchev–Trinajstić information content (AvgIpc) is 3.07. The van der Waals surface area contributed by atoms with E-state index in [2.05, 4.69) is 5.32 Å². The van der Waals surface area contributed by atoms with Crippen molar-refractivity contribution in [2.45, 2.75) is 63.1 Å². The molecule has 148 valence electrons. The number of nitrogens with one attached hydrogen (secondary N) is 1. The van der Waals surface area contributed by atoms with Gasteiger partial charge in [-0.1, -0.05) is 6.42 Å². The molecule has 10 heteroatoms. The van der Waals surface area contributed by atoms with Gasteiger partial charge in [-0.15, -0.1) is 0 Å². The van der Waals surface area contributed by atoms with Crippen LogP contribution in [0.15, 0.2) is 0 Å². The van der Waals surface area contributed by atoms with E-state index >= 15 is 0 Å². The molecule has 1 aliphatic heterocycles. The number of primary amides is 1. The zero-order chi connectivity index (χ0) is 19.7. The zero-order valence-corrected chi connectivity index (χ0v) is 14.9. The second kappa shape index (κ2) is 10.7. The van der Waals surface area contributed by atoms with Gasteiger partial charge in [0.2, 0.25) is 17.7 Å². The minimum atomic E-state index is -1.26. The van der Waals surface area contributed by atoms with E-state index in [-0.39, 0.29) is 18.7 Å². The number of amides is 3. The van der Waals surface area contributed by atoms with Crippen LogP contribution in [-0.4, -0.2) is 64.9 Å². The fourth-order valence-corrected chi connectivity index (χ4v) is 2.96. The maximum Gasteiger partial charge on any atom is 0.326 e. The summed E-state index contributed by atoms with van der Waals surface area (Å²) in [6, 6.07) is -2.69. The molecule has 0 aromatic carbocycles. The molecule has 0 spiro atoms. The summed E-state index contributed by atoms with van der Waals surface area (Å²) in [5.74, 6) is -2.77. The van der Waals surface area contributed by atoms with Crippen molar-refractivity contribution in [3.8, 4) is 0 Å². The molecule has 0 bridgehead atoms. The molecule has 0 radical (unpaired) electrons. The number of nitrogens with zero attached hydrogens (tertiary/aromatic N) is 1. The van der Waals surface area contributed by atoms with Crippen LogP contribution < -0.4 is 22.5 Å². The highest BCUT2D eigenvalue weighted by Crippen LogP contribution is 2.19. The van der Waals surface area contributed by atoms with Gasteiger partial charge in [0.25, 0.3) is 0 Å². The Bertz CT molecular complexity index is 527. The third-order valence-electron chi connectivity index (χ3n) is 4.42. The number of nitrogens with two attached hydrogens (primary N) is 3. The Morgan fingerprint density at radius 1 is 1.19 bits per heavy atom. The maximum atomic E-state index is 12.5. The Hall–Kier alpha value is -2.20. The van der Waals surface area contributed by atoms with Crippen molar-refractivity contribution in [1.29, 1.82) is 0 Å². The molecule has 10 nitrogen and oxygen atoms in total. The van der Waals surface area contributed by atoms with Crippen LogP contribution in [0.25, 0.3) is 0 Å². The Labute approximate surface area is 152 Å². The van der Waals surface area contributed by atoms with Gasteiger partial charge in [0.15, 0.2) is 0 Å². The quantitative estimate of drug-likeness (QED) is 0.267. The van der Waals surface area contributed by atoms with Crippen LogP contribution in [0.1, 0.15) is 44.9 Å². The van der Waals surface area contributed by atoms with E-state index in [0.717, 1.165) is 12.8 Å². The van der Waals surface area contributed by atoms with Crippen LogP contribution in [0, 0.1) is 0 Å². The number of unbranched alkanes of at least 4 members (excludes halogenated alkanes) is 1. The molecule has 1 heterocycles. The number of rotatable bonds is 11. The van der Waals surface area contributed by atoms with Gasteiger partial charge in [-0.2, -0.15) is 0 Å². The van der Waals surface area contributed by atoms with Crippen molar-refractivity contribution in [2.24, 2.45) is 17.2 Å². The molecule has 1 saturated heterocycles. The largest absolute Gasteiger partial charge is 0.480 e. The van der Waals surface area contributed by atoms with Crippen LogP contribution >= 0.6 is 0 Å². The van der Waals surface area contributed by atoms with Gasteiger partial charge < -0.3 is 32.5 Å². The lowest BCUT2D eigenvalue weighted by molar-refractivity contribution is -0.144. The molecule has 1 fully saturated rings. The topological polar surface area (TPSA) is 182 Å². The second-order valence-electron chi connectivity index (χ2n) is 6.49. The SMILES string of the molecule is NCCCCC(N)C(=O)N1CCCC1C(=O)NC(CCC(N)=O)C(=O)O. The van der Waals surface area contributed by atoms with Gasteiger partial charge in [-0.05, 0) is 38.6 Å². The monoisotopic (exact) mass is 371 g/mol. The van der Waals surface area contributed by atoms with Crippen LogP contribution in [0.2, 0.25) is 0 Å². The summed E-state index contributed by atoms with van der Waals surface area (Å²) >= 11 is 0. The van der Waals surface area contributed by atoms with Gasteiger partial charge >= 0.3 is 5.97 Å². The van der Waals surface area contributed by atoms with E-state index in [1.807, 2.05) is 0 Å². The minimum absolute atomic E-state index is 0.102. The first kappa shape index (κ1) is 21.8. The molecular formula is C16H29N5O5. The summed E-state index contributed by atoms with van der Waals surface area (Å²) in [6.45, 7) is 0.929. The van der Waals surface area contributed by atoms with Crippen molar-refractivity contribution >= 4 is 23.7 Å². The predicted molar refractivity (Wildman–Crippen MR) is 93.6 cm³/mol. The number of aliphatic carboxylic acids is 1. The van der Waals surface area contributed by atoms with Gasteiger partial charge in [0.05, 0.1) is 6.04 Å². The summed E-state index contributed by atoms with van der Waals surface area (Å²) in [4.78, 5) is 48.5. The molecular weight excluding hydrogens is 342 g/mol. The lowest BCUT2D eigenvalue weighted by Gasteiger charge is -2.27. The van der Waals surface area contributed by atoms with E-state index in [0.29, 0.717) is 32.4 Å². The van der Waals surface area contributed by atoms with E-state index in [4.69, 9.17) is 17.2 Å². The third-order valence-corrected chi connectivity index (χ3v) is 4.42. The number of hydrogen-bond acceptors (Lipinski definition) is 6. The molecule has 0 aliphatic carbocycles.